The SMILES string of the molecule is CC(=O)c1ccc(NC(=O)c2sc3nc(-c4ccc(F)cc4)cn3c2C)cc1. The molecular weight excluding hydrogens is 377 g/mol. The van der Waals surface area contributed by atoms with Crippen LogP contribution < -0.4 is 5.32 Å². The summed E-state index contributed by atoms with van der Waals surface area (Å²) in [4.78, 5) is 29.8. The Balaban J connectivity index is 1.59. The van der Waals surface area contributed by atoms with Crippen molar-refractivity contribution in [1.82, 2.24) is 9.38 Å². The van der Waals surface area contributed by atoms with E-state index >= 15 is 0 Å². The third-order valence-corrected chi connectivity index (χ3v) is 5.61. The number of aryl methyl sites for hydroxylation is 1. The van der Waals surface area contributed by atoms with Crippen molar-refractivity contribution in [1.29, 1.82) is 0 Å². The minimum Gasteiger partial charge on any atom is -0.321 e. The predicted octanol–water partition coefficient (Wildman–Crippen LogP) is 4.97. The van der Waals surface area contributed by atoms with Gasteiger partial charge < -0.3 is 5.32 Å². The Labute approximate surface area is 164 Å². The van der Waals surface area contributed by atoms with E-state index < -0.39 is 0 Å². The number of aromatic nitrogens is 2. The number of thiazole rings is 1. The van der Waals surface area contributed by atoms with Crippen LogP contribution in [0.4, 0.5) is 10.1 Å². The molecule has 0 saturated heterocycles. The van der Waals surface area contributed by atoms with Gasteiger partial charge in [0.25, 0.3) is 5.91 Å². The van der Waals surface area contributed by atoms with E-state index in [9.17, 15) is 14.0 Å². The molecule has 0 aliphatic carbocycles. The van der Waals surface area contributed by atoms with Crippen LogP contribution in [0.5, 0.6) is 0 Å². The molecule has 140 valence electrons. The maximum absolute atomic E-state index is 13.1. The predicted molar refractivity (Wildman–Crippen MR) is 108 cm³/mol. The van der Waals surface area contributed by atoms with Crippen LogP contribution in [0.25, 0.3) is 16.2 Å². The second-order valence-electron chi connectivity index (χ2n) is 6.39. The molecule has 0 atom stereocenters. The van der Waals surface area contributed by atoms with Gasteiger partial charge in [0.15, 0.2) is 10.7 Å². The lowest BCUT2D eigenvalue weighted by atomic mass is 10.1. The van der Waals surface area contributed by atoms with Crippen molar-refractivity contribution in [2.75, 3.05) is 5.32 Å². The molecule has 0 spiro atoms. The number of nitrogens with zero attached hydrogens (tertiary/aromatic N) is 2. The molecule has 4 aromatic rings. The van der Waals surface area contributed by atoms with Crippen molar-refractivity contribution in [3.8, 4) is 11.3 Å². The Morgan fingerprint density at radius 1 is 1.07 bits per heavy atom. The number of carbonyl (C=O) groups excluding carboxylic acids is 2. The summed E-state index contributed by atoms with van der Waals surface area (Å²) < 4.78 is 15.0. The fourth-order valence-corrected chi connectivity index (χ4v) is 3.90. The molecule has 2 heterocycles. The first-order valence-electron chi connectivity index (χ1n) is 8.59. The zero-order valence-corrected chi connectivity index (χ0v) is 16.0. The van der Waals surface area contributed by atoms with E-state index in [-0.39, 0.29) is 17.5 Å². The number of anilines is 1. The van der Waals surface area contributed by atoms with E-state index in [4.69, 9.17) is 0 Å². The van der Waals surface area contributed by atoms with Crippen molar-refractivity contribution in [2.24, 2.45) is 0 Å². The fourth-order valence-electron chi connectivity index (χ4n) is 2.90. The molecule has 7 heteroatoms. The third kappa shape index (κ3) is 3.32. The normalized spacial score (nSPS) is 11.0. The second kappa shape index (κ2) is 7.01. The van der Waals surface area contributed by atoms with Gasteiger partial charge >= 0.3 is 0 Å². The average molecular weight is 393 g/mol. The Morgan fingerprint density at radius 2 is 1.75 bits per heavy atom. The van der Waals surface area contributed by atoms with E-state index in [0.29, 0.717) is 21.1 Å². The molecule has 1 amide bonds. The second-order valence-corrected chi connectivity index (χ2v) is 7.37. The number of hydrogen-bond donors (Lipinski definition) is 1. The number of rotatable bonds is 4. The van der Waals surface area contributed by atoms with Crippen molar-refractivity contribution < 1.29 is 14.0 Å². The molecule has 28 heavy (non-hydrogen) atoms. The number of imidazole rings is 1. The van der Waals surface area contributed by atoms with Gasteiger partial charge in [-0.1, -0.05) is 11.3 Å². The van der Waals surface area contributed by atoms with Gasteiger partial charge in [0, 0.05) is 28.7 Å². The number of carbonyl (C=O) groups is 2. The molecule has 0 aliphatic heterocycles. The Hall–Kier alpha value is -3.32. The first-order chi connectivity index (χ1) is 13.4. The first-order valence-corrected chi connectivity index (χ1v) is 9.41. The molecule has 5 nitrogen and oxygen atoms in total. The van der Waals surface area contributed by atoms with Crippen molar-refractivity contribution in [2.45, 2.75) is 13.8 Å². The Bertz CT molecular complexity index is 1190. The van der Waals surface area contributed by atoms with Gasteiger partial charge in [0.2, 0.25) is 0 Å². The molecular formula is C21H16FN3O2S. The molecule has 0 saturated carbocycles. The van der Waals surface area contributed by atoms with Crippen LogP contribution in [0.3, 0.4) is 0 Å². The van der Waals surface area contributed by atoms with Gasteiger partial charge in [-0.25, -0.2) is 9.37 Å². The van der Waals surface area contributed by atoms with Crippen LogP contribution in [0.2, 0.25) is 0 Å². The topological polar surface area (TPSA) is 63.5 Å². The molecule has 0 unspecified atom stereocenters. The molecule has 0 aliphatic rings. The highest BCUT2D eigenvalue weighted by atomic mass is 32.1. The van der Waals surface area contributed by atoms with Gasteiger partial charge in [0.05, 0.1) is 5.69 Å². The summed E-state index contributed by atoms with van der Waals surface area (Å²) >= 11 is 1.29. The van der Waals surface area contributed by atoms with E-state index in [1.807, 2.05) is 17.5 Å². The van der Waals surface area contributed by atoms with Crippen molar-refractivity contribution >= 4 is 33.7 Å². The van der Waals surface area contributed by atoms with E-state index in [1.54, 1.807) is 36.4 Å². The number of nitrogens with one attached hydrogen (secondary N) is 1. The molecule has 2 aromatic carbocycles. The number of ketones is 1. The zero-order valence-electron chi connectivity index (χ0n) is 15.2. The molecule has 0 bridgehead atoms. The number of amides is 1. The highest BCUT2D eigenvalue weighted by Gasteiger charge is 2.18. The van der Waals surface area contributed by atoms with Crippen LogP contribution in [-0.4, -0.2) is 21.1 Å². The fraction of sp³-hybridized carbons (Fsp3) is 0.0952. The van der Waals surface area contributed by atoms with Crippen LogP contribution >= 0.6 is 11.3 Å². The number of halogens is 1. The summed E-state index contributed by atoms with van der Waals surface area (Å²) in [7, 11) is 0. The summed E-state index contributed by atoms with van der Waals surface area (Å²) in [6.45, 7) is 3.35. The van der Waals surface area contributed by atoms with Crippen LogP contribution in [0, 0.1) is 12.7 Å². The monoisotopic (exact) mass is 393 g/mol. The lowest BCUT2D eigenvalue weighted by Crippen LogP contribution is -2.12. The van der Waals surface area contributed by atoms with Gasteiger partial charge in [-0.15, -0.1) is 0 Å². The number of benzene rings is 2. The minimum atomic E-state index is -0.295. The standard InChI is InChI=1S/C21H16FN3O2S/c1-12-19(20(27)23-17-9-5-14(6-10-17)13(2)26)28-21-24-18(11-25(12)21)15-3-7-16(22)8-4-15/h3-11H,1-2H3,(H,23,27). The molecule has 0 fully saturated rings. The smallest absolute Gasteiger partial charge is 0.267 e. The van der Waals surface area contributed by atoms with E-state index in [0.717, 1.165) is 17.0 Å². The summed E-state index contributed by atoms with van der Waals surface area (Å²) in [5.41, 5.74) is 3.53. The van der Waals surface area contributed by atoms with E-state index in [2.05, 4.69) is 10.3 Å². The van der Waals surface area contributed by atoms with Crippen molar-refractivity contribution in [3.05, 3.63) is 76.7 Å². The van der Waals surface area contributed by atoms with Gasteiger partial charge in [-0.3, -0.25) is 14.0 Å². The first kappa shape index (κ1) is 18.1. The maximum atomic E-state index is 13.1. The molecule has 2 aromatic heterocycles. The van der Waals surface area contributed by atoms with Crippen LogP contribution in [-0.2, 0) is 0 Å². The van der Waals surface area contributed by atoms with Crippen LogP contribution in [0.1, 0.15) is 32.6 Å². The van der Waals surface area contributed by atoms with Gasteiger partial charge in [0.1, 0.15) is 10.7 Å². The number of Topliss-reactive ketones (excluding diaryl/α,β-unsaturated/α-hetero) is 1. The summed E-state index contributed by atoms with van der Waals surface area (Å²) in [6, 6.07) is 12.9. The summed E-state index contributed by atoms with van der Waals surface area (Å²) in [5.74, 6) is -0.548. The van der Waals surface area contributed by atoms with Crippen LogP contribution in [0.15, 0.2) is 54.7 Å². The third-order valence-electron chi connectivity index (χ3n) is 4.45. The minimum absolute atomic E-state index is 0.0230. The Morgan fingerprint density at radius 3 is 2.36 bits per heavy atom. The molecule has 0 radical (unpaired) electrons. The number of fused-ring (bicyclic) bond motifs is 1. The average Bonchev–Trinajstić information content (AvgIpc) is 3.22. The maximum Gasteiger partial charge on any atom is 0.267 e. The summed E-state index contributed by atoms with van der Waals surface area (Å²) in [5, 5.41) is 2.85. The molecule has 1 N–H and O–H groups in total. The lowest BCUT2D eigenvalue weighted by Gasteiger charge is -2.05. The highest BCUT2D eigenvalue weighted by molar-refractivity contribution is 7.19. The van der Waals surface area contributed by atoms with E-state index in [1.165, 1.54) is 30.4 Å². The highest BCUT2D eigenvalue weighted by Crippen LogP contribution is 2.28. The van der Waals surface area contributed by atoms with Gasteiger partial charge in [-0.2, -0.15) is 0 Å². The number of hydrogen-bond acceptors (Lipinski definition) is 4. The quantitative estimate of drug-likeness (QED) is 0.498. The summed E-state index contributed by atoms with van der Waals surface area (Å²) in [6.07, 6.45) is 1.84. The Kier molecular flexibility index (Phi) is 4.52. The zero-order chi connectivity index (χ0) is 19.8. The van der Waals surface area contributed by atoms with Gasteiger partial charge in [-0.05, 0) is 62.4 Å². The molecule has 4 rings (SSSR count). The lowest BCUT2D eigenvalue weighted by molar-refractivity contribution is 0.101. The largest absolute Gasteiger partial charge is 0.321 e. The van der Waals surface area contributed by atoms with Crippen molar-refractivity contribution in [3.63, 3.8) is 0 Å².